The Kier molecular flexibility index (Phi) is 4.64. The maximum Gasteiger partial charge on any atom is 0.264 e. The molecule has 3 aliphatic heterocycles. The van der Waals surface area contributed by atoms with Crippen LogP contribution in [0.3, 0.4) is 0 Å². The van der Waals surface area contributed by atoms with Gasteiger partial charge in [0.1, 0.15) is 5.60 Å². The molecule has 0 unspecified atom stereocenters. The predicted octanol–water partition coefficient (Wildman–Crippen LogP) is 1.68. The first-order chi connectivity index (χ1) is 11.7. The zero-order valence-electron chi connectivity index (χ0n) is 14.5. The Morgan fingerprint density at radius 2 is 2.04 bits per heavy atom. The standard InChI is InChI=1S/C18H27N3O2S/c1-2-20-8-10-21(11-9-20)17(22)15-13-14-3-12-23-18(16(14)24-15)4-6-19-7-5-18/h13,19H,2-12H2,1H3. The summed E-state index contributed by atoms with van der Waals surface area (Å²) in [4.78, 5) is 19.6. The fourth-order valence-electron chi connectivity index (χ4n) is 4.15. The van der Waals surface area contributed by atoms with Gasteiger partial charge in [-0.2, -0.15) is 0 Å². The Labute approximate surface area is 148 Å². The van der Waals surface area contributed by atoms with Crippen LogP contribution in [0.15, 0.2) is 6.07 Å². The average molecular weight is 350 g/mol. The van der Waals surface area contributed by atoms with Crippen LogP contribution in [-0.2, 0) is 16.8 Å². The fourth-order valence-corrected chi connectivity index (χ4v) is 5.53. The molecule has 0 saturated carbocycles. The third-order valence-electron chi connectivity index (χ3n) is 5.70. The van der Waals surface area contributed by atoms with Gasteiger partial charge >= 0.3 is 0 Å². The van der Waals surface area contributed by atoms with Crippen LogP contribution < -0.4 is 5.32 Å². The molecule has 1 aromatic heterocycles. The second kappa shape index (κ2) is 6.75. The minimum Gasteiger partial charge on any atom is -0.369 e. The van der Waals surface area contributed by atoms with E-state index < -0.39 is 0 Å². The molecule has 1 N–H and O–H groups in total. The molecular weight excluding hydrogens is 322 g/mol. The zero-order valence-corrected chi connectivity index (χ0v) is 15.3. The van der Waals surface area contributed by atoms with Gasteiger partial charge in [-0.25, -0.2) is 0 Å². The van der Waals surface area contributed by atoms with Gasteiger partial charge in [-0.1, -0.05) is 6.92 Å². The van der Waals surface area contributed by atoms with Crippen LogP contribution in [0.2, 0.25) is 0 Å². The number of likely N-dealkylation sites (N-methyl/N-ethyl adjacent to an activating group) is 1. The summed E-state index contributed by atoms with van der Waals surface area (Å²) in [5.41, 5.74) is 1.21. The minimum atomic E-state index is -0.136. The van der Waals surface area contributed by atoms with Gasteiger partial charge in [0.05, 0.1) is 11.5 Å². The Hall–Kier alpha value is -0.950. The molecule has 24 heavy (non-hydrogen) atoms. The number of piperidine rings is 1. The van der Waals surface area contributed by atoms with E-state index in [1.807, 2.05) is 4.90 Å². The van der Waals surface area contributed by atoms with Crippen LogP contribution in [0.4, 0.5) is 0 Å². The number of carbonyl (C=O) groups excluding carboxylic acids is 1. The number of thiophene rings is 1. The Morgan fingerprint density at radius 3 is 2.75 bits per heavy atom. The second-order valence-corrected chi connectivity index (χ2v) is 8.09. The summed E-state index contributed by atoms with van der Waals surface area (Å²) in [5.74, 6) is 0.217. The van der Waals surface area contributed by atoms with Crippen molar-refractivity contribution in [3.8, 4) is 0 Å². The summed E-state index contributed by atoms with van der Waals surface area (Å²) in [6.45, 7) is 9.72. The van der Waals surface area contributed by atoms with Gasteiger partial charge in [0.15, 0.2) is 0 Å². The molecule has 5 nitrogen and oxygen atoms in total. The first-order valence-corrected chi connectivity index (χ1v) is 10.0. The number of amides is 1. The van der Waals surface area contributed by atoms with E-state index >= 15 is 0 Å². The smallest absolute Gasteiger partial charge is 0.264 e. The number of piperazine rings is 1. The third kappa shape index (κ3) is 2.90. The summed E-state index contributed by atoms with van der Waals surface area (Å²) < 4.78 is 6.24. The van der Waals surface area contributed by atoms with Crippen LogP contribution in [0.25, 0.3) is 0 Å². The summed E-state index contributed by atoms with van der Waals surface area (Å²) in [5, 5.41) is 3.42. The van der Waals surface area contributed by atoms with Gasteiger partial charge in [0.25, 0.3) is 5.91 Å². The van der Waals surface area contributed by atoms with E-state index in [0.717, 1.165) is 76.6 Å². The van der Waals surface area contributed by atoms with Crippen molar-refractivity contribution in [2.24, 2.45) is 0 Å². The normalized spacial score (nSPS) is 24.1. The van der Waals surface area contributed by atoms with Gasteiger partial charge in [0, 0.05) is 31.1 Å². The number of fused-ring (bicyclic) bond motifs is 2. The van der Waals surface area contributed by atoms with Gasteiger partial charge in [-0.05, 0) is 50.5 Å². The zero-order chi connectivity index (χ0) is 16.6. The van der Waals surface area contributed by atoms with Crippen molar-refractivity contribution < 1.29 is 9.53 Å². The maximum absolute atomic E-state index is 12.9. The third-order valence-corrected chi connectivity index (χ3v) is 7.05. The van der Waals surface area contributed by atoms with Crippen LogP contribution in [0, 0.1) is 0 Å². The summed E-state index contributed by atoms with van der Waals surface area (Å²) in [6, 6.07) is 2.15. The molecule has 1 spiro atoms. The van der Waals surface area contributed by atoms with Gasteiger partial charge in [-0.15, -0.1) is 11.3 Å². The lowest BCUT2D eigenvalue weighted by molar-refractivity contribution is -0.0771. The van der Waals surface area contributed by atoms with Crippen molar-refractivity contribution in [3.05, 3.63) is 21.4 Å². The van der Waals surface area contributed by atoms with Crippen LogP contribution in [-0.4, -0.2) is 68.1 Å². The highest BCUT2D eigenvalue weighted by atomic mass is 32.1. The molecule has 2 fully saturated rings. The number of rotatable bonds is 2. The highest BCUT2D eigenvalue weighted by Gasteiger charge is 2.41. The van der Waals surface area contributed by atoms with E-state index in [-0.39, 0.29) is 11.5 Å². The molecule has 0 bridgehead atoms. The molecule has 4 heterocycles. The van der Waals surface area contributed by atoms with E-state index in [4.69, 9.17) is 4.74 Å². The summed E-state index contributed by atoms with van der Waals surface area (Å²) in [7, 11) is 0. The lowest BCUT2D eigenvalue weighted by Crippen LogP contribution is -2.48. The quantitative estimate of drug-likeness (QED) is 0.882. The molecule has 0 aliphatic carbocycles. The van der Waals surface area contributed by atoms with Crippen LogP contribution in [0.1, 0.15) is 39.9 Å². The highest BCUT2D eigenvalue weighted by molar-refractivity contribution is 7.14. The van der Waals surface area contributed by atoms with E-state index in [9.17, 15) is 4.79 Å². The van der Waals surface area contributed by atoms with E-state index in [1.165, 1.54) is 10.4 Å². The molecular formula is C18H27N3O2S. The number of ether oxygens (including phenoxy) is 1. The van der Waals surface area contributed by atoms with Crippen molar-refractivity contribution in [3.63, 3.8) is 0 Å². The molecule has 1 amide bonds. The molecule has 4 rings (SSSR count). The van der Waals surface area contributed by atoms with Crippen molar-refractivity contribution in [1.29, 1.82) is 0 Å². The number of nitrogens with one attached hydrogen (secondary N) is 1. The molecule has 1 aromatic rings. The SMILES string of the molecule is CCN1CCN(C(=O)c2cc3c(s2)C2(CCNCC2)OCC3)CC1. The monoisotopic (exact) mass is 349 g/mol. The highest BCUT2D eigenvalue weighted by Crippen LogP contribution is 2.44. The maximum atomic E-state index is 12.9. The summed E-state index contributed by atoms with van der Waals surface area (Å²) in [6.07, 6.45) is 2.98. The molecule has 3 aliphatic rings. The Morgan fingerprint density at radius 1 is 1.29 bits per heavy atom. The van der Waals surface area contributed by atoms with Crippen molar-refractivity contribution in [1.82, 2.24) is 15.1 Å². The molecule has 0 atom stereocenters. The first kappa shape index (κ1) is 16.5. The molecule has 0 radical (unpaired) electrons. The first-order valence-electron chi connectivity index (χ1n) is 9.21. The Balaban J connectivity index is 1.54. The van der Waals surface area contributed by atoms with Gasteiger partial charge in [0.2, 0.25) is 0 Å². The molecule has 0 aromatic carbocycles. The van der Waals surface area contributed by atoms with Crippen molar-refractivity contribution in [2.75, 3.05) is 52.4 Å². The predicted molar refractivity (Wildman–Crippen MR) is 95.8 cm³/mol. The average Bonchev–Trinajstić information content (AvgIpc) is 3.08. The van der Waals surface area contributed by atoms with Gasteiger partial charge < -0.3 is 19.9 Å². The largest absolute Gasteiger partial charge is 0.369 e. The topological polar surface area (TPSA) is 44.8 Å². The minimum absolute atomic E-state index is 0.136. The number of hydrogen-bond donors (Lipinski definition) is 1. The molecule has 2 saturated heterocycles. The molecule has 132 valence electrons. The van der Waals surface area contributed by atoms with E-state index in [2.05, 4.69) is 23.2 Å². The van der Waals surface area contributed by atoms with Crippen molar-refractivity contribution in [2.45, 2.75) is 31.8 Å². The molecule has 6 heteroatoms. The van der Waals surface area contributed by atoms with E-state index in [0.29, 0.717) is 0 Å². The van der Waals surface area contributed by atoms with Gasteiger partial charge in [-0.3, -0.25) is 4.79 Å². The fraction of sp³-hybridized carbons (Fsp3) is 0.722. The summed E-state index contributed by atoms with van der Waals surface area (Å²) >= 11 is 1.69. The van der Waals surface area contributed by atoms with Crippen molar-refractivity contribution >= 4 is 17.2 Å². The lowest BCUT2D eigenvalue weighted by Gasteiger charge is -2.40. The van der Waals surface area contributed by atoms with Crippen LogP contribution in [0.5, 0.6) is 0 Å². The number of nitrogens with zero attached hydrogens (tertiary/aromatic N) is 2. The second-order valence-electron chi connectivity index (χ2n) is 7.03. The number of carbonyl (C=O) groups is 1. The Bertz CT molecular complexity index is 601. The van der Waals surface area contributed by atoms with Crippen LogP contribution >= 0.6 is 11.3 Å². The number of hydrogen-bond acceptors (Lipinski definition) is 5. The lowest BCUT2D eigenvalue weighted by atomic mass is 9.86. The van der Waals surface area contributed by atoms with E-state index in [1.54, 1.807) is 11.3 Å².